The van der Waals surface area contributed by atoms with Crippen LogP contribution in [0.4, 0.5) is 0 Å². The molecule has 0 aromatic heterocycles. The molecule has 1 N–H and O–H groups in total. The van der Waals surface area contributed by atoms with Gasteiger partial charge in [-0.1, -0.05) is 12.1 Å². The van der Waals surface area contributed by atoms with Crippen molar-refractivity contribution < 1.29 is 14.6 Å². The van der Waals surface area contributed by atoms with Gasteiger partial charge in [-0.3, -0.25) is 9.69 Å². The van der Waals surface area contributed by atoms with Gasteiger partial charge in [-0.25, -0.2) is 0 Å². The number of morpholine rings is 1. The number of ether oxygens (including phenoxy) is 1. The zero-order valence-corrected chi connectivity index (χ0v) is 11.5. The zero-order chi connectivity index (χ0) is 14.5. The number of rotatable bonds is 4. The average molecular weight is 274 g/mol. The van der Waals surface area contributed by atoms with E-state index in [0.29, 0.717) is 18.8 Å². The van der Waals surface area contributed by atoms with Crippen molar-refractivity contribution in [1.29, 1.82) is 5.26 Å². The first-order valence-corrected chi connectivity index (χ1v) is 6.67. The fraction of sp³-hybridized carbons (Fsp3) is 0.467. The van der Waals surface area contributed by atoms with Crippen LogP contribution in [-0.4, -0.2) is 41.8 Å². The molecule has 2 rings (SSSR count). The third kappa shape index (κ3) is 3.35. The normalized spacial score (nSPS) is 21.1. The van der Waals surface area contributed by atoms with Gasteiger partial charge in [-0.05, 0) is 24.6 Å². The number of aliphatic carboxylic acids is 1. The number of carbonyl (C=O) groups is 1. The number of carboxylic acids is 1. The largest absolute Gasteiger partial charge is 0.481 e. The van der Waals surface area contributed by atoms with E-state index in [2.05, 4.69) is 17.9 Å². The molecule has 2 unspecified atom stereocenters. The molecule has 0 bridgehead atoms. The number of nitrogens with zero attached hydrogens (tertiary/aromatic N) is 2. The first-order chi connectivity index (χ1) is 9.61. The van der Waals surface area contributed by atoms with Crippen molar-refractivity contribution in [2.24, 2.45) is 0 Å². The molecule has 1 aromatic rings. The summed E-state index contributed by atoms with van der Waals surface area (Å²) in [6, 6.07) is 9.53. The van der Waals surface area contributed by atoms with Crippen LogP contribution in [0.5, 0.6) is 0 Å². The topological polar surface area (TPSA) is 73.6 Å². The van der Waals surface area contributed by atoms with E-state index in [9.17, 15) is 4.79 Å². The smallest absolute Gasteiger partial charge is 0.305 e. The maximum absolute atomic E-state index is 10.9. The summed E-state index contributed by atoms with van der Waals surface area (Å²) < 4.78 is 5.39. The van der Waals surface area contributed by atoms with E-state index >= 15 is 0 Å². The van der Waals surface area contributed by atoms with Crippen molar-refractivity contribution in [3.63, 3.8) is 0 Å². The molecule has 1 heterocycles. The highest BCUT2D eigenvalue weighted by atomic mass is 16.5. The Kier molecular flexibility index (Phi) is 4.72. The summed E-state index contributed by atoms with van der Waals surface area (Å²) in [5.41, 5.74) is 1.71. The highest BCUT2D eigenvalue weighted by Gasteiger charge is 2.29. The van der Waals surface area contributed by atoms with E-state index in [1.165, 1.54) is 0 Å². The SMILES string of the molecule is CC(c1ccc(C#N)cc1)N1CCOCC1CC(=O)O. The first-order valence-electron chi connectivity index (χ1n) is 6.67. The standard InChI is InChI=1S/C15H18N2O3/c1-11(13-4-2-12(9-16)3-5-13)17-6-7-20-10-14(17)8-15(18)19/h2-5,11,14H,6-8,10H2,1H3,(H,18,19). The molecule has 1 aliphatic heterocycles. The second kappa shape index (κ2) is 6.51. The van der Waals surface area contributed by atoms with Crippen molar-refractivity contribution in [3.05, 3.63) is 35.4 Å². The number of hydrogen-bond acceptors (Lipinski definition) is 4. The Morgan fingerprint density at radius 2 is 2.25 bits per heavy atom. The van der Waals surface area contributed by atoms with Gasteiger partial charge in [0.25, 0.3) is 0 Å². The first kappa shape index (κ1) is 14.5. The van der Waals surface area contributed by atoms with Crippen molar-refractivity contribution in [2.45, 2.75) is 25.4 Å². The molecule has 2 atom stereocenters. The van der Waals surface area contributed by atoms with Crippen LogP contribution in [0.1, 0.15) is 30.5 Å². The van der Waals surface area contributed by atoms with Gasteiger partial charge in [0.05, 0.1) is 31.3 Å². The molecule has 1 aliphatic rings. The van der Waals surface area contributed by atoms with Crippen LogP contribution >= 0.6 is 0 Å². The Morgan fingerprint density at radius 3 is 2.85 bits per heavy atom. The predicted octanol–water partition coefficient (Wildman–Crippen LogP) is 1.79. The summed E-state index contributed by atoms with van der Waals surface area (Å²) in [6.07, 6.45) is 0.0839. The molecule has 5 heteroatoms. The predicted molar refractivity (Wildman–Crippen MR) is 73.1 cm³/mol. The number of benzene rings is 1. The van der Waals surface area contributed by atoms with Gasteiger partial charge in [0.1, 0.15) is 0 Å². The van der Waals surface area contributed by atoms with E-state index in [1.54, 1.807) is 12.1 Å². The second-order valence-electron chi connectivity index (χ2n) is 4.97. The molecule has 0 radical (unpaired) electrons. The molecular formula is C15H18N2O3. The van der Waals surface area contributed by atoms with Crippen LogP contribution in [0.15, 0.2) is 24.3 Å². The molecule has 106 valence electrons. The van der Waals surface area contributed by atoms with Crippen molar-refractivity contribution in [2.75, 3.05) is 19.8 Å². The fourth-order valence-electron chi connectivity index (χ4n) is 2.58. The quantitative estimate of drug-likeness (QED) is 0.906. The van der Waals surface area contributed by atoms with Gasteiger partial charge in [-0.2, -0.15) is 5.26 Å². The van der Waals surface area contributed by atoms with Crippen LogP contribution in [-0.2, 0) is 9.53 Å². The minimum Gasteiger partial charge on any atom is -0.481 e. The Morgan fingerprint density at radius 1 is 1.55 bits per heavy atom. The maximum atomic E-state index is 10.9. The molecule has 0 aliphatic carbocycles. The van der Waals surface area contributed by atoms with Crippen LogP contribution < -0.4 is 0 Å². The molecule has 20 heavy (non-hydrogen) atoms. The number of hydrogen-bond donors (Lipinski definition) is 1. The van der Waals surface area contributed by atoms with Crippen LogP contribution in [0.2, 0.25) is 0 Å². The molecule has 1 aromatic carbocycles. The Hall–Kier alpha value is -1.90. The second-order valence-corrected chi connectivity index (χ2v) is 4.97. The van der Waals surface area contributed by atoms with Gasteiger partial charge in [-0.15, -0.1) is 0 Å². The van der Waals surface area contributed by atoms with E-state index in [0.717, 1.165) is 12.1 Å². The van der Waals surface area contributed by atoms with Gasteiger partial charge in [0.2, 0.25) is 0 Å². The average Bonchev–Trinajstić information content (AvgIpc) is 2.46. The zero-order valence-electron chi connectivity index (χ0n) is 11.5. The molecule has 1 fully saturated rings. The van der Waals surface area contributed by atoms with Gasteiger partial charge < -0.3 is 9.84 Å². The Labute approximate surface area is 118 Å². The molecule has 0 spiro atoms. The highest BCUT2D eigenvalue weighted by Crippen LogP contribution is 2.25. The Balaban J connectivity index is 2.13. The van der Waals surface area contributed by atoms with E-state index in [1.807, 2.05) is 12.1 Å². The lowest BCUT2D eigenvalue weighted by Crippen LogP contribution is -2.47. The molecular weight excluding hydrogens is 256 g/mol. The van der Waals surface area contributed by atoms with Crippen LogP contribution in [0.25, 0.3) is 0 Å². The van der Waals surface area contributed by atoms with Crippen LogP contribution in [0, 0.1) is 11.3 Å². The van der Waals surface area contributed by atoms with Gasteiger partial charge in [0, 0.05) is 18.6 Å². The Bertz CT molecular complexity index is 507. The van der Waals surface area contributed by atoms with Gasteiger partial charge in [0.15, 0.2) is 0 Å². The summed E-state index contributed by atoms with van der Waals surface area (Å²) in [5, 5.41) is 17.8. The van der Waals surface area contributed by atoms with E-state index in [-0.39, 0.29) is 18.5 Å². The lowest BCUT2D eigenvalue weighted by molar-refractivity contribution is -0.140. The molecule has 1 saturated heterocycles. The monoisotopic (exact) mass is 274 g/mol. The third-order valence-corrected chi connectivity index (χ3v) is 3.70. The van der Waals surface area contributed by atoms with Crippen LogP contribution in [0.3, 0.4) is 0 Å². The third-order valence-electron chi connectivity index (χ3n) is 3.70. The van der Waals surface area contributed by atoms with Crippen molar-refractivity contribution >= 4 is 5.97 Å². The van der Waals surface area contributed by atoms with E-state index < -0.39 is 5.97 Å². The number of nitriles is 1. The number of carboxylic acid groups (broad SMARTS) is 1. The molecule has 0 saturated carbocycles. The molecule has 0 amide bonds. The lowest BCUT2D eigenvalue weighted by atomic mass is 10.0. The van der Waals surface area contributed by atoms with Gasteiger partial charge >= 0.3 is 5.97 Å². The van der Waals surface area contributed by atoms with Crippen molar-refractivity contribution in [1.82, 2.24) is 4.90 Å². The summed E-state index contributed by atoms with van der Waals surface area (Å²) in [5.74, 6) is -0.808. The minimum atomic E-state index is -0.808. The summed E-state index contributed by atoms with van der Waals surface area (Å²) >= 11 is 0. The highest BCUT2D eigenvalue weighted by molar-refractivity contribution is 5.67. The maximum Gasteiger partial charge on any atom is 0.305 e. The fourth-order valence-corrected chi connectivity index (χ4v) is 2.58. The summed E-state index contributed by atoms with van der Waals surface area (Å²) in [4.78, 5) is 13.1. The summed E-state index contributed by atoms with van der Waals surface area (Å²) in [7, 11) is 0. The molecule has 5 nitrogen and oxygen atoms in total. The van der Waals surface area contributed by atoms with E-state index in [4.69, 9.17) is 15.1 Å². The van der Waals surface area contributed by atoms with Crippen molar-refractivity contribution in [3.8, 4) is 6.07 Å². The lowest BCUT2D eigenvalue weighted by Gasteiger charge is -2.39. The summed E-state index contributed by atoms with van der Waals surface area (Å²) in [6.45, 7) is 3.85. The minimum absolute atomic E-state index is 0.0839.